The second kappa shape index (κ2) is 4.88. The Hall–Kier alpha value is -2.10. The van der Waals surface area contributed by atoms with Gasteiger partial charge in [0.25, 0.3) is 5.56 Å². The van der Waals surface area contributed by atoms with E-state index in [0.717, 1.165) is 0 Å². The van der Waals surface area contributed by atoms with Crippen molar-refractivity contribution in [3.63, 3.8) is 0 Å². The Morgan fingerprint density at radius 1 is 1.32 bits per heavy atom. The van der Waals surface area contributed by atoms with Gasteiger partial charge >= 0.3 is 0 Å². The fraction of sp³-hybridized carbons (Fsp3) is 0.400. The van der Waals surface area contributed by atoms with Crippen LogP contribution in [0.15, 0.2) is 4.79 Å². The molecule has 19 heavy (non-hydrogen) atoms. The topological polar surface area (TPSA) is 158 Å². The van der Waals surface area contributed by atoms with Gasteiger partial charge in [0.05, 0.1) is 24.1 Å². The molecule has 2 aromatic rings. The van der Waals surface area contributed by atoms with Gasteiger partial charge in [0.2, 0.25) is 5.95 Å². The van der Waals surface area contributed by atoms with Crippen molar-refractivity contribution in [2.45, 2.75) is 25.7 Å². The minimum Gasteiger partial charge on any atom is -0.390 e. The van der Waals surface area contributed by atoms with E-state index in [9.17, 15) is 20.1 Å². The lowest BCUT2D eigenvalue weighted by Gasteiger charge is -2.15. The maximum absolute atomic E-state index is 11.7. The van der Waals surface area contributed by atoms with Gasteiger partial charge in [-0.2, -0.15) is 4.98 Å². The van der Waals surface area contributed by atoms with Crippen LogP contribution in [-0.2, 0) is 6.61 Å². The van der Waals surface area contributed by atoms with Crippen molar-refractivity contribution >= 4 is 17.1 Å². The van der Waals surface area contributed by atoms with Crippen LogP contribution in [-0.4, -0.2) is 41.4 Å². The number of nitrogen functional groups attached to an aromatic ring is 1. The molecule has 0 spiro atoms. The summed E-state index contributed by atoms with van der Waals surface area (Å²) in [6.07, 6.45) is -2.49. The first-order valence-electron chi connectivity index (χ1n) is 5.47. The maximum atomic E-state index is 11.7. The summed E-state index contributed by atoms with van der Waals surface area (Å²) in [7, 11) is 0. The van der Waals surface area contributed by atoms with E-state index in [0.29, 0.717) is 0 Å². The van der Waals surface area contributed by atoms with E-state index in [1.165, 1.54) is 6.92 Å². The molecule has 102 valence electrons. The number of hydrogen-bond donors (Lipinski definition) is 5. The van der Waals surface area contributed by atoms with E-state index in [4.69, 9.17) is 5.73 Å². The normalized spacial score (nSPS) is 14.5. The predicted molar refractivity (Wildman–Crippen MR) is 64.9 cm³/mol. The lowest BCUT2D eigenvalue weighted by atomic mass is 10.1. The third-order valence-corrected chi connectivity index (χ3v) is 2.55. The number of rotatable bonds is 3. The average Bonchev–Trinajstić information content (AvgIpc) is 2.36. The van der Waals surface area contributed by atoms with Gasteiger partial charge in [0, 0.05) is 0 Å². The summed E-state index contributed by atoms with van der Waals surface area (Å²) in [6, 6.07) is 0. The number of hydrogen-bond acceptors (Lipinski definition) is 8. The van der Waals surface area contributed by atoms with Crippen molar-refractivity contribution in [1.29, 1.82) is 0 Å². The van der Waals surface area contributed by atoms with E-state index in [1.54, 1.807) is 0 Å². The van der Waals surface area contributed by atoms with Crippen molar-refractivity contribution in [1.82, 2.24) is 19.9 Å². The predicted octanol–water partition coefficient (Wildman–Crippen LogP) is -1.80. The summed E-state index contributed by atoms with van der Waals surface area (Å²) in [5.74, 6) is -0.125. The molecule has 0 aliphatic carbocycles. The van der Waals surface area contributed by atoms with Crippen LogP contribution >= 0.6 is 0 Å². The number of aliphatic hydroxyl groups is 3. The molecule has 0 bridgehead atoms. The second-order valence-electron chi connectivity index (χ2n) is 4.02. The molecule has 6 N–H and O–H groups in total. The number of aromatic amines is 1. The van der Waals surface area contributed by atoms with Crippen LogP contribution in [0.25, 0.3) is 11.2 Å². The van der Waals surface area contributed by atoms with Gasteiger partial charge < -0.3 is 21.1 Å². The summed E-state index contributed by atoms with van der Waals surface area (Å²) >= 11 is 0. The zero-order valence-electron chi connectivity index (χ0n) is 10.0. The molecule has 2 rings (SSSR count). The summed E-state index contributed by atoms with van der Waals surface area (Å²) in [5.41, 5.74) is 4.56. The molecule has 0 amide bonds. The Balaban J connectivity index is 2.75. The monoisotopic (exact) mass is 267 g/mol. The van der Waals surface area contributed by atoms with Gasteiger partial charge in [0.1, 0.15) is 6.10 Å². The van der Waals surface area contributed by atoms with Gasteiger partial charge in [-0.1, -0.05) is 0 Å². The molecule has 2 heterocycles. The largest absolute Gasteiger partial charge is 0.390 e. The summed E-state index contributed by atoms with van der Waals surface area (Å²) < 4.78 is 0. The quantitative estimate of drug-likeness (QED) is 0.435. The Morgan fingerprint density at radius 2 is 2.00 bits per heavy atom. The van der Waals surface area contributed by atoms with Crippen LogP contribution in [0.2, 0.25) is 0 Å². The fourth-order valence-electron chi connectivity index (χ4n) is 1.60. The fourth-order valence-corrected chi connectivity index (χ4v) is 1.60. The molecular weight excluding hydrogens is 254 g/mol. The van der Waals surface area contributed by atoms with Crippen molar-refractivity contribution < 1.29 is 15.3 Å². The molecule has 2 atom stereocenters. The van der Waals surface area contributed by atoms with Gasteiger partial charge in [-0.25, -0.2) is 9.97 Å². The first-order chi connectivity index (χ1) is 8.93. The Morgan fingerprint density at radius 3 is 2.58 bits per heavy atom. The molecule has 0 aliphatic rings. The van der Waals surface area contributed by atoms with Crippen molar-refractivity contribution in [3.8, 4) is 0 Å². The first kappa shape index (κ1) is 13.3. The third kappa shape index (κ3) is 2.38. The van der Waals surface area contributed by atoms with E-state index < -0.39 is 24.4 Å². The highest BCUT2D eigenvalue weighted by Crippen LogP contribution is 2.19. The average molecular weight is 267 g/mol. The Kier molecular flexibility index (Phi) is 3.42. The molecule has 0 saturated carbocycles. The Bertz CT molecular complexity index is 669. The highest BCUT2D eigenvalue weighted by molar-refractivity contribution is 5.69. The van der Waals surface area contributed by atoms with E-state index in [-0.39, 0.29) is 28.5 Å². The van der Waals surface area contributed by atoms with Crippen molar-refractivity contribution in [2.24, 2.45) is 0 Å². The molecule has 2 unspecified atom stereocenters. The minimum absolute atomic E-state index is 0.0263. The van der Waals surface area contributed by atoms with E-state index in [2.05, 4.69) is 19.9 Å². The number of anilines is 1. The van der Waals surface area contributed by atoms with Crippen molar-refractivity contribution in [2.75, 3.05) is 5.73 Å². The van der Waals surface area contributed by atoms with Crippen LogP contribution in [0.5, 0.6) is 0 Å². The van der Waals surface area contributed by atoms with Gasteiger partial charge in [0.15, 0.2) is 11.2 Å². The molecule has 9 nitrogen and oxygen atoms in total. The lowest BCUT2D eigenvalue weighted by molar-refractivity contribution is 0.0263. The van der Waals surface area contributed by atoms with Crippen LogP contribution < -0.4 is 11.3 Å². The minimum atomic E-state index is -1.36. The number of H-pyrrole nitrogens is 1. The van der Waals surface area contributed by atoms with E-state index >= 15 is 0 Å². The third-order valence-electron chi connectivity index (χ3n) is 2.55. The molecule has 2 aromatic heterocycles. The number of aliphatic hydroxyl groups excluding tert-OH is 3. The molecule has 9 heteroatoms. The molecule has 0 radical (unpaired) electrons. The molecular formula is C10H13N5O4. The second-order valence-corrected chi connectivity index (χ2v) is 4.02. The highest BCUT2D eigenvalue weighted by Gasteiger charge is 2.22. The van der Waals surface area contributed by atoms with Crippen LogP contribution in [0, 0.1) is 0 Å². The smallest absolute Gasteiger partial charge is 0.280 e. The van der Waals surface area contributed by atoms with Gasteiger partial charge in [-0.3, -0.25) is 9.78 Å². The number of nitrogens with two attached hydrogens (primary N) is 1. The van der Waals surface area contributed by atoms with Crippen LogP contribution in [0.1, 0.15) is 24.4 Å². The number of nitrogens with one attached hydrogen (secondary N) is 1. The van der Waals surface area contributed by atoms with Gasteiger partial charge in [-0.15, -0.1) is 0 Å². The summed E-state index contributed by atoms with van der Waals surface area (Å²) in [6.45, 7) is 0.833. The molecule has 0 aliphatic heterocycles. The van der Waals surface area contributed by atoms with E-state index in [1.807, 2.05) is 0 Å². The molecule has 0 aromatic carbocycles. The Labute approximate surface area is 106 Å². The molecule has 0 saturated heterocycles. The van der Waals surface area contributed by atoms with Crippen LogP contribution in [0.4, 0.5) is 5.95 Å². The number of aromatic nitrogens is 4. The van der Waals surface area contributed by atoms with Crippen molar-refractivity contribution in [3.05, 3.63) is 21.7 Å². The standard InChI is InChI=1S/C10H13N5O4/c1-3(17)7(18)5-4(2-16)12-8-6(13-5)9(19)15-10(11)14-8/h3,7,16-18H,2H2,1H3,(H3,11,12,14,15,19). The molecule has 0 fully saturated rings. The summed E-state index contributed by atoms with van der Waals surface area (Å²) in [5, 5.41) is 28.4. The van der Waals surface area contributed by atoms with Crippen LogP contribution in [0.3, 0.4) is 0 Å². The first-order valence-corrected chi connectivity index (χ1v) is 5.47. The number of nitrogens with zero attached hydrogens (tertiary/aromatic N) is 3. The van der Waals surface area contributed by atoms with Gasteiger partial charge in [-0.05, 0) is 6.92 Å². The highest BCUT2D eigenvalue weighted by atomic mass is 16.3. The lowest BCUT2D eigenvalue weighted by Crippen LogP contribution is -2.21. The zero-order chi connectivity index (χ0) is 14.2. The SMILES string of the molecule is CC(O)C(O)c1nc2c(=O)[nH]c(N)nc2nc1CO. The zero-order valence-corrected chi connectivity index (χ0v) is 10.0. The summed E-state index contributed by atoms with van der Waals surface area (Å²) in [4.78, 5) is 25.5. The number of fused-ring (bicyclic) bond motifs is 1. The maximum Gasteiger partial charge on any atom is 0.280 e.